The SMILES string of the molecule is CC[C@H](C)[C@H](NC(=O)[C@H](Cc1ccc(O)cc1)NC(=O)[C@H](CCCN=C(N)N)NC(=O)[C@H](CCSC)NC(=O)[C@H](CS)NC(=O)[C@H](CO)NC(=O)CNC(=O)[C@@H](N)CC(C)C)C(=O)O. The number of nitrogens with zero attached hydrogens (tertiary/aromatic N) is 1. The highest BCUT2D eigenvalue weighted by Crippen LogP contribution is 2.14. The molecule has 0 saturated heterocycles. The maximum absolute atomic E-state index is 14.0. The number of thiol groups is 1. The van der Waals surface area contributed by atoms with E-state index in [1.807, 2.05) is 13.8 Å². The number of carbonyl (C=O) groups excluding carboxylic acids is 7. The number of hydrogen-bond acceptors (Lipinski definition) is 14. The Morgan fingerprint density at radius 1 is 0.766 bits per heavy atom. The molecule has 16 N–H and O–H groups in total. The predicted octanol–water partition coefficient (Wildman–Crippen LogP) is -2.81. The minimum atomic E-state index is -1.54. The summed E-state index contributed by atoms with van der Waals surface area (Å²) in [6, 6.07) is -3.26. The lowest BCUT2D eigenvalue weighted by molar-refractivity contribution is -0.143. The summed E-state index contributed by atoms with van der Waals surface area (Å²) >= 11 is 5.53. The molecule has 64 heavy (non-hydrogen) atoms. The molecule has 0 aliphatic rings. The second-order valence-corrected chi connectivity index (χ2v) is 16.8. The molecular formula is C40H67N11O11S2. The van der Waals surface area contributed by atoms with E-state index < -0.39 is 109 Å². The smallest absolute Gasteiger partial charge is 0.326 e. The first-order valence-electron chi connectivity index (χ1n) is 20.8. The van der Waals surface area contributed by atoms with E-state index >= 15 is 0 Å². The topological polar surface area (TPSA) is 372 Å². The number of carboxylic acids is 1. The first kappa shape index (κ1) is 56.7. The first-order chi connectivity index (χ1) is 30.2. The normalized spacial score (nSPS) is 14.8. The Hall–Kier alpha value is -5.33. The van der Waals surface area contributed by atoms with Gasteiger partial charge in [0.2, 0.25) is 41.4 Å². The molecule has 0 aromatic heterocycles. The molecule has 360 valence electrons. The van der Waals surface area contributed by atoms with Gasteiger partial charge < -0.3 is 69.7 Å². The zero-order chi connectivity index (χ0) is 48.5. The third kappa shape index (κ3) is 21.4. The van der Waals surface area contributed by atoms with Gasteiger partial charge in [-0.05, 0) is 67.2 Å². The summed E-state index contributed by atoms with van der Waals surface area (Å²) in [6.45, 7) is 5.80. The van der Waals surface area contributed by atoms with E-state index in [0.717, 1.165) is 0 Å². The van der Waals surface area contributed by atoms with Crippen molar-refractivity contribution in [1.82, 2.24) is 37.2 Å². The number of benzene rings is 1. The lowest BCUT2D eigenvalue weighted by atomic mass is 9.98. The first-order valence-corrected chi connectivity index (χ1v) is 22.8. The van der Waals surface area contributed by atoms with Crippen LogP contribution in [0.25, 0.3) is 0 Å². The molecule has 1 aromatic carbocycles. The molecule has 0 aliphatic heterocycles. The summed E-state index contributed by atoms with van der Waals surface area (Å²) in [4.78, 5) is 109. The molecule has 0 aliphatic carbocycles. The number of carbonyl (C=O) groups is 8. The van der Waals surface area contributed by atoms with Crippen LogP contribution in [0.2, 0.25) is 0 Å². The number of aromatic hydroxyl groups is 1. The number of phenolic OH excluding ortho intramolecular Hbond substituents is 1. The van der Waals surface area contributed by atoms with Crippen LogP contribution in [0.1, 0.15) is 65.4 Å². The van der Waals surface area contributed by atoms with E-state index in [2.05, 4.69) is 54.8 Å². The van der Waals surface area contributed by atoms with Crippen LogP contribution in [-0.4, -0.2) is 148 Å². The van der Waals surface area contributed by atoms with Crippen LogP contribution in [0.4, 0.5) is 0 Å². The molecule has 0 bridgehead atoms. The molecule has 7 amide bonds. The van der Waals surface area contributed by atoms with Gasteiger partial charge in [-0.1, -0.05) is 46.2 Å². The van der Waals surface area contributed by atoms with Gasteiger partial charge in [-0.3, -0.25) is 38.6 Å². The second-order valence-electron chi connectivity index (χ2n) is 15.5. The summed E-state index contributed by atoms with van der Waals surface area (Å²) in [5, 5.41) is 46.9. The number of aliphatic imine (C=N–C) groups is 1. The summed E-state index contributed by atoms with van der Waals surface area (Å²) < 4.78 is 0. The van der Waals surface area contributed by atoms with E-state index in [4.69, 9.17) is 17.2 Å². The highest BCUT2D eigenvalue weighted by molar-refractivity contribution is 7.98. The second kappa shape index (κ2) is 29.9. The third-order valence-corrected chi connectivity index (χ3v) is 10.8. The Bertz CT molecular complexity index is 1740. The molecular weight excluding hydrogens is 875 g/mol. The van der Waals surface area contributed by atoms with Gasteiger partial charge >= 0.3 is 5.97 Å². The quantitative estimate of drug-likeness (QED) is 0.0160. The Balaban J connectivity index is 3.31. The summed E-state index contributed by atoms with van der Waals surface area (Å²) in [7, 11) is 0. The summed E-state index contributed by atoms with van der Waals surface area (Å²) in [5.74, 6) is -7.53. The van der Waals surface area contributed by atoms with Gasteiger partial charge in [0.15, 0.2) is 5.96 Å². The van der Waals surface area contributed by atoms with E-state index in [1.165, 1.54) is 36.0 Å². The van der Waals surface area contributed by atoms with Gasteiger partial charge in [-0.25, -0.2) is 4.79 Å². The van der Waals surface area contributed by atoms with Gasteiger partial charge in [0, 0.05) is 18.7 Å². The van der Waals surface area contributed by atoms with Crippen LogP contribution in [0.15, 0.2) is 29.3 Å². The zero-order valence-corrected chi connectivity index (χ0v) is 38.6. The Morgan fingerprint density at radius 2 is 1.30 bits per heavy atom. The van der Waals surface area contributed by atoms with Crippen molar-refractivity contribution >= 4 is 77.7 Å². The molecule has 0 fully saturated rings. The van der Waals surface area contributed by atoms with Crippen molar-refractivity contribution < 1.29 is 53.7 Å². The van der Waals surface area contributed by atoms with Crippen molar-refractivity contribution in [1.29, 1.82) is 0 Å². The van der Waals surface area contributed by atoms with Crippen LogP contribution < -0.4 is 54.4 Å². The van der Waals surface area contributed by atoms with Crippen LogP contribution in [0.5, 0.6) is 5.75 Å². The molecule has 22 nitrogen and oxygen atoms in total. The molecule has 24 heteroatoms. The molecule has 1 rings (SSSR count). The van der Waals surface area contributed by atoms with Gasteiger partial charge in [-0.15, -0.1) is 0 Å². The molecule has 0 heterocycles. The van der Waals surface area contributed by atoms with Crippen LogP contribution in [0, 0.1) is 11.8 Å². The number of guanidine groups is 1. The van der Waals surface area contributed by atoms with E-state index in [-0.39, 0.29) is 55.6 Å². The average molecular weight is 942 g/mol. The number of nitrogens with two attached hydrogens (primary N) is 3. The fourth-order valence-corrected chi connectivity index (χ4v) is 6.66. The number of aliphatic carboxylic acids is 1. The average Bonchev–Trinajstić information content (AvgIpc) is 3.24. The molecule has 8 atom stereocenters. The number of hydrogen-bond donors (Lipinski definition) is 14. The van der Waals surface area contributed by atoms with Crippen LogP contribution >= 0.6 is 24.4 Å². The van der Waals surface area contributed by atoms with E-state index in [9.17, 15) is 53.7 Å². The standard InChI is InChI=1S/C40H67N11O11S2/c1-6-22(4)32(39(61)62)51-36(58)28(17-23-9-11-24(53)12-10-23)49-34(56)26(8-7-14-44-40(42)43)47-35(57)27(13-15-64-5)48-38(60)30(20-63)50-37(59)29(19-52)46-31(54)18-45-33(55)25(41)16-21(2)3/h9-12,21-22,25-30,32,52-53,63H,6-8,13-20,41H2,1-5H3,(H,45,55)(H,46,54)(H,47,57)(H,48,60)(H,49,56)(H,50,59)(H,51,58)(H,61,62)(H4,42,43,44)/t22-,25-,26-,27-,28-,29-,30-,32-/m0/s1. The predicted molar refractivity (Wildman–Crippen MR) is 245 cm³/mol. The van der Waals surface area contributed by atoms with Gasteiger partial charge in [0.05, 0.1) is 19.2 Å². The number of amides is 7. The van der Waals surface area contributed by atoms with E-state index in [0.29, 0.717) is 24.2 Å². The maximum atomic E-state index is 14.0. The number of aliphatic hydroxyl groups excluding tert-OH is 1. The third-order valence-electron chi connectivity index (χ3n) is 9.74. The molecule has 1 aromatic rings. The van der Waals surface area contributed by atoms with Crippen LogP contribution in [-0.2, 0) is 44.8 Å². The largest absolute Gasteiger partial charge is 0.508 e. The lowest BCUT2D eigenvalue weighted by Crippen LogP contribution is -2.60. The number of nitrogens with one attached hydrogen (secondary N) is 7. The molecule has 0 saturated carbocycles. The Morgan fingerprint density at radius 3 is 1.81 bits per heavy atom. The number of phenols is 1. The summed E-state index contributed by atoms with van der Waals surface area (Å²) in [5.41, 5.74) is 17.3. The van der Waals surface area contributed by atoms with Crippen molar-refractivity contribution in [3.05, 3.63) is 29.8 Å². The molecule has 0 radical (unpaired) electrons. The Kier molecular flexibility index (Phi) is 26.5. The van der Waals surface area contributed by atoms with Gasteiger partial charge in [-0.2, -0.15) is 24.4 Å². The van der Waals surface area contributed by atoms with Crippen molar-refractivity contribution in [2.45, 2.75) is 109 Å². The van der Waals surface area contributed by atoms with Crippen LogP contribution in [0.3, 0.4) is 0 Å². The molecule has 0 spiro atoms. The maximum Gasteiger partial charge on any atom is 0.326 e. The zero-order valence-electron chi connectivity index (χ0n) is 36.9. The summed E-state index contributed by atoms with van der Waals surface area (Å²) in [6.07, 6.45) is 2.58. The lowest BCUT2D eigenvalue weighted by Gasteiger charge is -2.28. The number of rotatable bonds is 30. The fourth-order valence-electron chi connectivity index (χ4n) is 5.93. The highest BCUT2D eigenvalue weighted by atomic mass is 32.2. The number of thioether (sulfide) groups is 1. The van der Waals surface area contributed by atoms with Crippen molar-refractivity contribution in [2.75, 3.05) is 37.5 Å². The number of carboxylic acid groups (broad SMARTS) is 1. The number of aliphatic hydroxyl groups is 1. The van der Waals surface area contributed by atoms with Crippen molar-refractivity contribution in [3.8, 4) is 5.75 Å². The van der Waals surface area contributed by atoms with Crippen molar-refractivity contribution in [3.63, 3.8) is 0 Å². The van der Waals surface area contributed by atoms with Gasteiger partial charge in [0.1, 0.15) is 42.0 Å². The monoisotopic (exact) mass is 941 g/mol. The highest BCUT2D eigenvalue weighted by Gasteiger charge is 2.34. The Labute approximate surface area is 383 Å². The van der Waals surface area contributed by atoms with Crippen molar-refractivity contribution in [2.24, 2.45) is 34.0 Å². The fraction of sp³-hybridized carbons (Fsp3) is 0.625. The molecule has 0 unspecified atom stereocenters. The van der Waals surface area contributed by atoms with Gasteiger partial charge in [0.25, 0.3) is 0 Å². The minimum Gasteiger partial charge on any atom is -0.508 e. The van der Waals surface area contributed by atoms with E-state index in [1.54, 1.807) is 20.1 Å². The minimum absolute atomic E-state index is 0.0497.